The molecule has 0 saturated heterocycles. The molecule has 3 heteroatoms. The third kappa shape index (κ3) is 3.77. The lowest BCUT2D eigenvalue weighted by molar-refractivity contribution is 0.120. The summed E-state index contributed by atoms with van der Waals surface area (Å²) < 4.78 is 10.5. The Kier molecular flexibility index (Phi) is 5.04. The highest BCUT2D eigenvalue weighted by atomic mass is 16.5. The molecule has 0 heterocycles. The van der Waals surface area contributed by atoms with Crippen LogP contribution in [0.25, 0.3) is 0 Å². The number of hydrogen-bond donors (Lipinski definition) is 1. The highest BCUT2D eigenvalue weighted by molar-refractivity contribution is 5.26. The first-order valence-corrected chi connectivity index (χ1v) is 4.77. The third-order valence-electron chi connectivity index (χ3n) is 1.92. The molecule has 0 aliphatic rings. The van der Waals surface area contributed by atoms with Crippen LogP contribution >= 0.6 is 0 Å². The van der Waals surface area contributed by atoms with Gasteiger partial charge in [-0.3, -0.25) is 0 Å². The highest BCUT2D eigenvalue weighted by Gasteiger charge is 1.94. The molecule has 1 aromatic rings. The van der Waals surface area contributed by atoms with Gasteiger partial charge in [-0.2, -0.15) is 0 Å². The first kappa shape index (κ1) is 11.0. The van der Waals surface area contributed by atoms with Gasteiger partial charge in [0.05, 0.1) is 13.7 Å². The van der Waals surface area contributed by atoms with E-state index in [2.05, 4.69) is 0 Å². The molecule has 0 bridgehead atoms. The molecule has 0 radical (unpaired) electrons. The van der Waals surface area contributed by atoms with Crippen LogP contribution in [-0.4, -0.2) is 20.3 Å². The Morgan fingerprint density at radius 2 is 1.93 bits per heavy atom. The van der Waals surface area contributed by atoms with Crippen molar-refractivity contribution >= 4 is 0 Å². The van der Waals surface area contributed by atoms with E-state index < -0.39 is 0 Å². The average molecular weight is 195 g/mol. The standard InChI is InChI=1S/C11H17NO2/c1-13-11-5-3-10(4-6-11)9-14-8-2-7-12/h3-6H,2,7-9,12H2,1H3. The zero-order chi connectivity index (χ0) is 10.2. The number of nitrogens with two attached hydrogens (primary N) is 1. The fraction of sp³-hybridized carbons (Fsp3) is 0.455. The van der Waals surface area contributed by atoms with E-state index in [1.54, 1.807) is 7.11 Å². The summed E-state index contributed by atoms with van der Waals surface area (Å²) in [6.07, 6.45) is 0.913. The van der Waals surface area contributed by atoms with Crippen LogP contribution in [0.3, 0.4) is 0 Å². The molecule has 0 spiro atoms. The highest BCUT2D eigenvalue weighted by Crippen LogP contribution is 2.11. The minimum Gasteiger partial charge on any atom is -0.497 e. The molecular weight excluding hydrogens is 178 g/mol. The van der Waals surface area contributed by atoms with Gasteiger partial charge in [-0.05, 0) is 30.7 Å². The summed E-state index contributed by atoms with van der Waals surface area (Å²) in [4.78, 5) is 0. The van der Waals surface area contributed by atoms with Gasteiger partial charge in [0.25, 0.3) is 0 Å². The summed E-state index contributed by atoms with van der Waals surface area (Å²) in [6, 6.07) is 7.87. The van der Waals surface area contributed by atoms with Crippen molar-refractivity contribution in [2.75, 3.05) is 20.3 Å². The van der Waals surface area contributed by atoms with E-state index in [1.165, 1.54) is 0 Å². The van der Waals surface area contributed by atoms with E-state index in [4.69, 9.17) is 15.2 Å². The van der Waals surface area contributed by atoms with Gasteiger partial charge in [-0.1, -0.05) is 12.1 Å². The average Bonchev–Trinajstić information content (AvgIpc) is 2.25. The predicted molar refractivity (Wildman–Crippen MR) is 56.3 cm³/mol. The van der Waals surface area contributed by atoms with E-state index >= 15 is 0 Å². The van der Waals surface area contributed by atoms with Gasteiger partial charge in [-0.15, -0.1) is 0 Å². The number of methoxy groups -OCH3 is 1. The normalized spacial score (nSPS) is 10.1. The second-order valence-corrected chi connectivity index (χ2v) is 3.04. The second kappa shape index (κ2) is 6.40. The minimum absolute atomic E-state index is 0.643. The molecule has 0 fully saturated rings. The van der Waals surface area contributed by atoms with E-state index in [0.717, 1.165) is 24.3 Å². The lowest BCUT2D eigenvalue weighted by atomic mass is 10.2. The lowest BCUT2D eigenvalue weighted by Gasteiger charge is -2.04. The Labute approximate surface area is 84.8 Å². The Morgan fingerprint density at radius 1 is 1.21 bits per heavy atom. The van der Waals surface area contributed by atoms with Crippen molar-refractivity contribution in [1.82, 2.24) is 0 Å². The van der Waals surface area contributed by atoms with Crippen molar-refractivity contribution in [2.45, 2.75) is 13.0 Å². The Balaban J connectivity index is 2.29. The monoisotopic (exact) mass is 195 g/mol. The molecule has 0 unspecified atom stereocenters. The lowest BCUT2D eigenvalue weighted by Crippen LogP contribution is -2.04. The minimum atomic E-state index is 0.643. The molecule has 0 aliphatic heterocycles. The van der Waals surface area contributed by atoms with Crippen LogP contribution in [0.1, 0.15) is 12.0 Å². The maximum absolute atomic E-state index is 5.41. The number of ether oxygens (including phenoxy) is 2. The summed E-state index contributed by atoms with van der Waals surface area (Å²) in [7, 11) is 1.66. The van der Waals surface area contributed by atoms with Crippen LogP contribution in [-0.2, 0) is 11.3 Å². The fourth-order valence-electron chi connectivity index (χ4n) is 1.10. The zero-order valence-electron chi connectivity index (χ0n) is 8.53. The molecular formula is C11H17NO2. The molecule has 0 aromatic heterocycles. The van der Waals surface area contributed by atoms with Crippen LogP contribution in [0.5, 0.6) is 5.75 Å². The van der Waals surface area contributed by atoms with Gasteiger partial charge >= 0.3 is 0 Å². The van der Waals surface area contributed by atoms with Gasteiger partial charge < -0.3 is 15.2 Å². The number of hydrogen-bond acceptors (Lipinski definition) is 3. The van der Waals surface area contributed by atoms with Crippen molar-refractivity contribution in [1.29, 1.82) is 0 Å². The smallest absolute Gasteiger partial charge is 0.118 e. The molecule has 0 saturated carbocycles. The third-order valence-corrected chi connectivity index (χ3v) is 1.92. The topological polar surface area (TPSA) is 44.5 Å². The van der Waals surface area contributed by atoms with E-state index in [-0.39, 0.29) is 0 Å². The molecule has 0 amide bonds. The Bertz CT molecular complexity index is 246. The summed E-state index contributed by atoms with van der Waals surface area (Å²) >= 11 is 0. The van der Waals surface area contributed by atoms with E-state index in [0.29, 0.717) is 13.2 Å². The molecule has 0 atom stereocenters. The molecule has 1 aromatic carbocycles. The first-order valence-electron chi connectivity index (χ1n) is 4.77. The Morgan fingerprint density at radius 3 is 2.50 bits per heavy atom. The molecule has 2 N–H and O–H groups in total. The quantitative estimate of drug-likeness (QED) is 0.701. The number of benzene rings is 1. The van der Waals surface area contributed by atoms with Crippen LogP contribution in [0.4, 0.5) is 0 Å². The van der Waals surface area contributed by atoms with Crippen LogP contribution < -0.4 is 10.5 Å². The largest absolute Gasteiger partial charge is 0.497 e. The molecule has 78 valence electrons. The first-order chi connectivity index (χ1) is 6.86. The van der Waals surface area contributed by atoms with Crippen molar-refractivity contribution in [3.63, 3.8) is 0 Å². The Hall–Kier alpha value is -1.06. The summed E-state index contributed by atoms with van der Waals surface area (Å²) in [6.45, 7) is 2.05. The van der Waals surface area contributed by atoms with Crippen LogP contribution in [0, 0.1) is 0 Å². The van der Waals surface area contributed by atoms with Gasteiger partial charge in [0.15, 0.2) is 0 Å². The predicted octanol–water partition coefficient (Wildman–Crippen LogP) is 1.56. The van der Waals surface area contributed by atoms with Gasteiger partial charge in [-0.25, -0.2) is 0 Å². The SMILES string of the molecule is COc1ccc(COCCCN)cc1. The van der Waals surface area contributed by atoms with E-state index in [1.807, 2.05) is 24.3 Å². The van der Waals surface area contributed by atoms with Crippen molar-refractivity contribution in [2.24, 2.45) is 5.73 Å². The molecule has 3 nitrogen and oxygen atoms in total. The second-order valence-electron chi connectivity index (χ2n) is 3.04. The van der Waals surface area contributed by atoms with Crippen LogP contribution in [0.2, 0.25) is 0 Å². The fourth-order valence-corrected chi connectivity index (χ4v) is 1.10. The summed E-state index contributed by atoms with van der Waals surface area (Å²) in [5, 5.41) is 0. The maximum Gasteiger partial charge on any atom is 0.118 e. The van der Waals surface area contributed by atoms with Gasteiger partial charge in [0.1, 0.15) is 5.75 Å². The van der Waals surface area contributed by atoms with Crippen molar-refractivity contribution < 1.29 is 9.47 Å². The molecule has 14 heavy (non-hydrogen) atoms. The van der Waals surface area contributed by atoms with Gasteiger partial charge in [0, 0.05) is 6.61 Å². The van der Waals surface area contributed by atoms with E-state index in [9.17, 15) is 0 Å². The van der Waals surface area contributed by atoms with Crippen LogP contribution in [0.15, 0.2) is 24.3 Å². The number of rotatable bonds is 6. The van der Waals surface area contributed by atoms with Crippen molar-refractivity contribution in [3.05, 3.63) is 29.8 Å². The molecule has 1 rings (SSSR count). The van der Waals surface area contributed by atoms with Gasteiger partial charge in [0.2, 0.25) is 0 Å². The molecule has 0 aliphatic carbocycles. The zero-order valence-corrected chi connectivity index (χ0v) is 8.53. The summed E-state index contributed by atoms with van der Waals surface area (Å²) in [5.41, 5.74) is 6.50. The maximum atomic E-state index is 5.41. The summed E-state index contributed by atoms with van der Waals surface area (Å²) in [5.74, 6) is 0.871. The van der Waals surface area contributed by atoms with Crippen molar-refractivity contribution in [3.8, 4) is 5.75 Å².